The minimum absolute atomic E-state index is 0.188. The zero-order valence-electron chi connectivity index (χ0n) is 13.9. The molecule has 0 radical (unpaired) electrons. The molecule has 21 heavy (non-hydrogen) atoms. The molecule has 0 aromatic carbocycles. The molecule has 1 rings (SSSR count). The summed E-state index contributed by atoms with van der Waals surface area (Å²) >= 11 is 0. The van der Waals surface area contributed by atoms with Crippen molar-refractivity contribution in [2.24, 2.45) is 5.92 Å². The maximum absolute atomic E-state index is 12.1. The monoisotopic (exact) mass is 294 g/mol. The van der Waals surface area contributed by atoms with E-state index in [1.807, 2.05) is 25.7 Å². The Hall–Kier alpha value is -1.21. The van der Waals surface area contributed by atoms with Gasteiger partial charge in [-0.3, -0.25) is 0 Å². The van der Waals surface area contributed by atoms with Gasteiger partial charge in [0.2, 0.25) is 0 Å². The lowest BCUT2D eigenvalue weighted by Crippen LogP contribution is -2.48. The average Bonchev–Trinajstić information content (AvgIpc) is 2.41. The predicted octanol–water partition coefficient (Wildman–Crippen LogP) is 3.03. The van der Waals surface area contributed by atoms with E-state index in [2.05, 4.69) is 18.2 Å². The van der Waals surface area contributed by atoms with Gasteiger partial charge in [-0.1, -0.05) is 0 Å². The summed E-state index contributed by atoms with van der Waals surface area (Å²) < 4.78 is 5.46. The molecule has 1 N–H and O–H groups in total. The van der Waals surface area contributed by atoms with E-state index < -0.39 is 5.60 Å². The van der Waals surface area contributed by atoms with Crippen LogP contribution in [0.3, 0.4) is 0 Å². The molecule has 1 fully saturated rings. The second-order valence-electron chi connectivity index (χ2n) is 6.88. The number of amides is 1. The second kappa shape index (κ2) is 8.29. The number of likely N-dealkylation sites (tertiary alicyclic amines) is 1. The van der Waals surface area contributed by atoms with Crippen LogP contribution in [0.2, 0.25) is 0 Å². The van der Waals surface area contributed by atoms with Crippen molar-refractivity contribution in [3.63, 3.8) is 0 Å². The molecule has 4 nitrogen and oxygen atoms in total. The molecule has 4 heteroatoms. The highest BCUT2D eigenvalue weighted by molar-refractivity contribution is 5.68. The van der Waals surface area contributed by atoms with Crippen LogP contribution in [0.25, 0.3) is 0 Å². The van der Waals surface area contributed by atoms with Crippen LogP contribution >= 0.6 is 0 Å². The highest BCUT2D eigenvalue weighted by Crippen LogP contribution is 2.21. The predicted molar refractivity (Wildman–Crippen MR) is 86.1 cm³/mol. The van der Waals surface area contributed by atoms with Crippen molar-refractivity contribution in [1.29, 1.82) is 0 Å². The Kier molecular flexibility index (Phi) is 7.04. The normalized spacial score (nSPS) is 20.7. The molecule has 1 heterocycles. The van der Waals surface area contributed by atoms with E-state index in [4.69, 9.17) is 11.2 Å². The van der Waals surface area contributed by atoms with Gasteiger partial charge in [-0.05, 0) is 59.4 Å². The quantitative estimate of drug-likeness (QED) is 0.626. The van der Waals surface area contributed by atoms with Crippen LogP contribution in [0, 0.1) is 18.3 Å². The van der Waals surface area contributed by atoms with Crippen molar-refractivity contribution < 1.29 is 9.53 Å². The Morgan fingerprint density at radius 3 is 2.86 bits per heavy atom. The third-order valence-corrected chi connectivity index (χ3v) is 3.78. The van der Waals surface area contributed by atoms with Gasteiger partial charge in [0.1, 0.15) is 5.60 Å². The fraction of sp³-hybridized carbons (Fsp3) is 0.824. The van der Waals surface area contributed by atoms with Crippen LogP contribution in [0.4, 0.5) is 4.79 Å². The summed E-state index contributed by atoms with van der Waals surface area (Å²) in [5.41, 5.74) is -0.427. The summed E-state index contributed by atoms with van der Waals surface area (Å²) in [6.45, 7) is 10.4. The first kappa shape index (κ1) is 17.8. The molecule has 0 bridgehead atoms. The van der Waals surface area contributed by atoms with E-state index in [-0.39, 0.29) is 6.09 Å². The molecule has 2 atom stereocenters. The van der Waals surface area contributed by atoms with Gasteiger partial charge in [0.05, 0.1) is 0 Å². The molecular formula is C17H30N2O2. The van der Waals surface area contributed by atoms with Gasteiger partial charge in [-0.25, -0.2) is 4.79 Å². The van der Waals surface area contributed by atoms with Crippen molar-refractivity contribution in [2.45, 2.75) is 65.0 Å². The van der Waals surface area contributed by atoms with E-state index in [0.29, 0.717) is 12.0 Å². The van der Waals surface area contributed by atoms with E-state index in [0.717, 1.165) is 45.3 Å². The molecule has 1 amide bonds. The van der Waals surface area contributed by atoms with Gasteiger partial charge < -0.3 is 15.0 Å². The lowest BCUT2D eigenvalue weighted by atomic mass is 9.91. The Labute approximate surface area is 129 Å². The van der Waals surface area contributed by atoms with Gasteiger partial charge in [-0.2, -0.15) is 0 Å². The van der Waals surface area contributed by atoms with E-state index >= 15 is 0 Å². The Bertz CT molecular complexity index is 368. The Morgan fingerprint density at radius 2 is 2.24 bits per heavy atom. The number of ether oxygens (including phenoxy) is 1. The SMILES string of the molecule is C#CCCCNC(C)C1CCCN(C(=O)OC(C)(C)C)C1. The number of rotatable bonds is 5. The number of piperidine rings is 1. The maximum Gasteiger partial charge on any atom is 0.410 e. The summed E-state index contributed by atoms with van der Waals surface area (Å²) in [5.74, 6) is 3.14. The number of carbonyl (C=O) groups excluding carboxylic acids is 1. The highest BCUT2D eigenvalue weighted by Gasteiger charge is 2.29. The van der Waals surface area contributed by atoms with Crippen molar-refractivity contribution in [2.75, 3.05) is 19.6 Å². The van der Waals surface area contributed by atoms with E-state index in [1.165, 1.54) is 0 Å². The molecule has 120 valence electrons. The van der Waals surface area contributed by atoms with Gasteiger partial charge in [0.15, 0.2) is 0 Å². The molecule has 0 spiro atoms. The number of terminal acetylenes is 1. The zero-order chi connectivity index (χ0) is 15.9. The van der Waals surface area contributed by atoms with Gasteiger partial charge in [-0.15, -0.1) is 12.3 Å². The lowest BCUT2D eigenvalue weighted by molar-refractivity contribution is 0.0148. The van der Waals surface area contributed by atoms with Crippen molar-refractivity contribution >= 4 is 6.09 Å². The topological polar surface area (TPSA) is 41.6 Å². The number of hydrogen-bond donors (Lipinski definition) is 1. The average molecular weight is 294 g/mol. The Balaban J connectivity index is 2.41. The zero-order valence-corrected chi connectivity index (χ0v) is 13.9. The minimum atomic E-state index is -0.427. The fourth-order valence-corrected chi connectivity index (χ4v) is 2.60. The van der Waals surface area contributed by atoms with Crippen LogP contribution in [-0.4, -0.2) is 42.3 Å². The summed E-state index contributed by atoms with van der Waals surface area (Å²) in [7, 11) is 0. The molecule has 0 aromatic rings. The van der Waals surface area contributed by atoms with Gasteiger partial charge in [0, 0.05) is 25.6 Å². The van der Waals surface area contributed by atoms with E-state index in [9.17, 15) is 4.79 Å². The molecule has 0 saturated carbocycles. The summed E-state index contributed by atoms with van der Waals surface area (Å²) in [5, 5.41) is 3.52. The molecule has 0 aliphatic carbocycles. The number of nitrogens with zero attached hydrogens (tertiary/aromatic N) is 1. The summed E-state index contributed by atoms with van der Waals surface area (Å²) in [6, 6.07) is 0.396. The van der Waals surface area contributed by atoms with Crippen LogP contribution in [0.5, 0.6) is 0 Å². The largest absolute Gasteiger partial charge is 0.444 e. The first-order valence-electron chi connectivity index (χ1n) is 7.98. The third kappa shape index (κ3) is 6.86. The van der Waals surface area contributed by atoms with Crippen molar-refractivity contribution in [3.8, 4) is 12.3 Å². The van der Waals surface area contributed by atoms with Crippen LogP contribution in [-0.2, 0) is 4.74 Å². The second-order valence-corrected chi connectivity index (χ2v) is 6.88. The molecule has 1 aliphatic heterocycles. The van der Waals surface area contributed by atoms with Crippen molar-refractivity contribution in [1.82, 2.24) is 10.2 Å². The van der Waals surface area contributed by atoms with Crippen LogP contribution in [0.1, 0.15) is 53.4 Å². The third-order valence-electron chi connectivity index (χ3n) is 3.78. The highest BCUT2D eigenvalue weighted by atomic mass is 16.6. The smallest absolute Gasteiger partial charge is 0.410 e. The molecule has 0 aromatic heterocycles. The van der Waals surface area contributed by atoms with Crippen LogP contribution < -0.4 is 5.32 Å². The standard InChI is InChI=1S/C17H30N2O2/c1-6-7-8-11-18-14(2)15-10-9-12-19(13-15)16(20)21-17(3,4)5/h1,14-15,18H,7-13H2,2-5H3. The first-order valence-corrected chi connectivity index (χ1v) is 7.98. The van der Waals surface area contributed by atoms with Gasteiger partial charge in [0.25, 0.3) is 0 Å². The number of carbonyl (C=O) groups is 1. The molecule has 1 saturated heterocycles. The number of unbranched alkanes of at least 4 members (excludes halogenated alkanes) is 1. The maximum atomic E-state index is 12.1. The lowest BCUT2D eigenvalue weighted by Gasteiger charge is -2.36. The molecular weight excluding hydrogens is 264 g/mol. The molecule has 2 unspecified atom stereocenters. The number of hydrogen-bond acceptors (Lipinski definition) is 3. The molecule has 1 aliphatic rings. The van der Waals surface area contributed by atoms with Gasteiger partial charge >= 0.3 is 6.09 Å². The minimum Gasteiger partial charge on any atom is -0.444 e. The van der Waals surface area contributed by atoms with Crippen LogP contribution in [0.15, 0.2) is 0 Å². The Morgan fingerprint density at radius 1 is 1.52 bits per heavy atom. The summed E-state index contributed by atoms with van der Waals surface area (Å²) in [4.78, 5) is 14.0. The number of nitrogens with one attached hydrogen (secondary N) is 1. The first-order chi connectivity index (χ1) is 9.83. The fourth-order valence-electron chi connectivity index (χ4n) is 2.60. The van der Waals surface area contributed by atoms with E-state index in [1.54, 1.807) is 0 Å². The van der Waals surface area contributed by atoms with Crippen molar-refractivity contribution in [3.05, 3.63) is 0 Å². The summed E-state index contributed by atoms with van der Waals surface area (Å²) in [6.07, 6.45) is 9.08.